The number of benzene rings is 1. The fourth-order valence-electron chi connectivity index (χ4n) is 2.22. The molecule has 1 aliphatic rings. The molecule has 0 spiro atoms. The molecular formula is C19H16N2O3S. The number of carbonyl (C=O) groups is 1. The first-order valence-corrected chi connectivity index (χ1v) is 8.55. The van der Waals surface area contributed by atoms with Gasteiger partial charge < -0.3 is 9.84 Å². The Morgan fingerprint density at radius 3 is 2.64 bits per heavy atom. The summed E-state index contributed by atoms with van der Waals surface area (Å²) in [7, 11) is 0. The molecule has 1 aliphatic heterocycles. The summed E-state index contributed by atoms with van der Waals surface area (Å²) in [5, 5.41) is 11.0. The molecule has 0 atom stereocenters. The number of carbonyl (C=O) groups excluding carboxylic acids is 1. The summed E-state index contributed by atoms with van der Waals surface area (Å²) in [6, 6.07) is 12.9. The molecule has 0 bridgehead atoms. The molecule has 6 heteroatoms. The third kappa shape index (κ3) is 3.97. The largest absolute Gasteiger partial charge is 0.506 e. The average molecular weight is 352 g/mol. The fourth-order valence-corrected chi connectivity index (χ4v) is 3.26. The van der Waals surface area contributed by atoms with E-state index in [-0.39, 0.29) is 17.9 Å². The maximum Gasteiger partial charge on any atom is 0.344 e. The van der Waals surface area contributed by atoms with Gasteiger partial charge in [0, 0.05) is 12.4 Å². The molecule has 0 saturated carbocycles. The van der Waals surface area contributed by atoms with E-state index >= 15 is 0 Å². The number of nitrogens with zero attached hydrogens (tertiary/aromatic N) is 2. The zero-order valence-electron chi connectivity index (χ0n) is 13.5. The molecule has 25 heavy (non-hydrogen) atoms. The van der Waals surface area contributed by atoms with Crippen LogP contribution in [0.25, 0.3) is 6.08 Å². The number of pyridine rings is 1. The van der Waals surface area contributed by atoms with Gasteiger partial charge in [0.05, 0.1) is 17.2 Å². The highest BCUT2D eigenvalue weighted by Gasteiger charge is 2.33. The lowest BCUT2D eigenvalue weighted by molar-refractivity contribution is -0.138. The van der Waals surface area contributed by atoms with Crippen LogP contribution in [-0.2, 0) is 9.53 Å². The average Bonchev–Trinajstić information content (AvgIpc) is 2.92. The lowest BCUT2D eigenvalue weighted by atomic mass is 10.2. The molecule has 0 saturated heterocycles. The van der Waals surface area contributed by atoms with Crippen LogP contribution >= 0.6 is 11.8 Å². The number of aliphatic hydroxyl groups is 1. The number of hydrogen-bond donors (Lipinski definition) is 1. The van der Waals surface area contributed by atoms with E-state index in [2.05, 4.69) is 9.98 Å². The topological polar surface area (TPSA) is 71.8 Å². The van der Waals surface area contributed by atoms with Crippen LogP contribution in [-0.4, -0.2) is 27.7 Å². The molecule has 3 rings (SSSR count). The second kappa shape index (κ2) is 7.81. The van der Waals surface area contributed by atoms with Crippen molar-refractivity contribution in [3.63, 3.8) is 0 Å². The van der Waals surface area contributed by atoms with Gasteiger partial charge >= 0.3 is 5.97 Å². The molecule has 1 aromatic carbocycles. The zero-order valence-corrected chi connectivity index (χ0v) is 14.4. The number of aliphatic hydroxyl groups excluding tert-OH is 1. The number of thioether (sulfide) groups is 1. The van der Waals surface area contributed by atoms with Crippen LogP contribution in [0.1, 0.15) is 12.5 Å². The Bertz CT molecular complexity index is 859. The number of aromatic nitrogens is 1. The van der Waals surface area contributed by atoms with Crippen LogP contribution < -0.4 is 0 Å². The molecule has 5 nitrogen and oxygen atoms in total. The molecule has 1 aromatic heterocycles. The molecular weight excluding hydrogens is 336 g/mol. The second-order valence-electron chi connectivity index (χ2n) is 5.09. The monoisotopic (exact) mass is 352 g/mol. The van der Waals surface area contributed by atoms with E-state index in [4.69, 9.17) is 4.74 Å². The van der Waals surface area contributed by atoms with Gasteiger partial charge in [-0.25, -0.2) is 9.79 Å². The Hall–Kier alpha value is -2.86. The SMILES string of the molecule is CCOC(=O)C1=C(O)/C(=C\c2ccncc2)SC1=Nc1ccccc1. The summed E-state index contributed by atoms with van der Waals surface area (Å²) in [5.74, 6) is -0.699. The molecule has 126 valence electrons. The van der Waals surface area contributed by atoms with E-state index in [9.17, 15) is 9.90 Å². The number of rotatable bonds is 4. The van der Waals surface area contributed by atoms with Crippen molar-refractivity contribution in [3.8, 4) is 0 Å². The van der Waals surface area contributed by atoms with Crippen LogP contribution in [0.2, 0.25) is 0 Å². The number of hydrogen-bond acceptors (Lipinski definition) is 6. The van der Waals surface area contributed by atoms with Crippen LogP contribution in [0.5, 0.6) is 0 Å². The van der Waals surface area contributed by atoms with Gasteiger partial charge in [0.15, 0.2) is 0 Å². The van der Waals surface area contributed by atoms with E-state index in [1.165, 1.54) is 11.8 Å². The quantitative estimate of drug-likeness (QED) is 0.832. The summed E-state index contributed by atoms with van der Waals surface area (Å²) < 4.78 is 5.07. The van der Waals surface area contributed by atoms with Crippen molar-refractivity contribution in [2.24, 2.45) is 4.99 Å². The molecule has 0 unspecified atom stereocenters. The Kier molecular flexibility index (Phi) is 5.30. The standard InChI is InChI=1S/C19H16N2O3S/c1-2-24-19(23)16-17(22)15(12-13-8-10-20-11-9-13)25-18(16)21-14-6-4-3-5-7-14/h3-12,22H,2H2,1H3/b15-12+,21-18?. The third-order valence-corrected chi connectivity index (χ3v) is 4.38. The van der Waals surface area contributed by atoms with Gasteiger partial charge in [-0.2, -0.15) is 0 Å². The first-order valence-electron chi connectivity index (χ1n) is 7.73. The van der Waals surface area contributed by atoms with E-state index in [0.29, 0.717) is 15.6 Å². The Morgan fingerprint density at radius 1 is 1.24 bits per heavy atom. The lowest BCUT2D eigenvalue weighted by Gasteiger charge is -2.03. The van der Waals surface area contributed by atoms with Gasteiger partial charge in [0.1, 0.15) is 16.4 Å². The van der Waals surface area contributed by atoms with Crippen molar-refractivity contribution >= 4 is 34.5 Å². The first-order chi connectivity index (χ1) is 12.2. The summed E-state index contributed by atoms with van der Waals surface area (Å²) in [6.07, 6.45) is 5.12. The van der Waals surface area contributed by atoms with Gasteiger partial charge in [-0.1, -0.05) is 30.0 Å². The summed E-state index contributed by atoms with van der Waals surface area (Å²) in [5.41, 5.74) is 1.66. The van der Waals surface area contributed by atoms with Crippen molar-refractivity contribution in [1.29, 1.82) is 0 Å². The van der Waals surface area contributed by atoms with Crippen LogP contribution in [0.15, 0.2) is 76.1 Å². The van der Waals surface area contributed by atoms with Gasteiger partial charge in [-0.05, 0) is 42.8 Å². The van der Waals surface area contributed by atoms with Crippen LogP contribution in [0.3, 0.4) is 0 Å². The summed E-state index contributed by atoms with van der Waals surface area (Å²) in [6.45, 7) is 1.95. The minimum atomic E-state index is -0.583. The van der Waals surface area contributed by atoms with Crippen molar-refractivity contribution < 1.29 is 14.6 Å². The van der Waals surface area contributed by atoms with Crippen molar-refractivity contribution in [3.05, 3.63) is 76.7 Å². The van der Waals surface area contributed by atoms with Gasteiger partial charge in [0.2, 0.25) is 0 Å². The normalized spacial score (nSPS) is 17.3. The Labute approximate surface area is 149 Å². The van der Waals surface area contributed by atoms with Gasteiger partial charge in [-0.3, -0.25) is 4.98 Å². The molecule has 1 N–H and O–H groups in total. The molecule has 2 heterocycles. The van der Waals surface area contributed by atoms with E-state index < -0.39 is 5.97 Å². The molecule has 0 radical (unpaired) electrons. The van der Waals surface area contributed by atoms with E-state index in [1.54, 1.807) is 25.4 Å². The highest BCUT2D eigenvalue weighted by Crippen LogP contribution is 2.40. The smallest absolute Gasteiger partial charge is 0.344 e. The molecule has 2 aromatic rings. The number of aliphatic imine (C=N–C) groups is 1. The van der Waals surface area contributed by atoms with Crippen LogP contribution in [0.4, 0.5) is 5.69 Å². The number of ether oxygens (including phenoxy) is 1. The predicted molar refractivity (Wildman–Crippen MR) is 99.6 cm³/mol. The van der Waals surface area contributed by atoms with Crippen molar-refractivity contribution in [2.75, 3.05) is 6.61 Å². The zero-order chi connectivity index (χ0) is 17.6. The van der Waals surface area contributed by atoms with Gasteiger partial charge in [-0.15, -0.1) is 0 Å². The first kappa shape index (κ1) is 17.0. The summed E-state index contributed by atoms with van der Waals surface area (Å²) >= 11 is 1.24. The van der Waals surface area contributed by atoms with E-state index in [0.717, 1.165) is 5.56 Å². The Balaban J connectivity index is 2.03. The van der Waals surface area contributed by atoms with E-state index in [1.807, 2.05) is 42.5 Å². The maximum absolute atomic E-state index is 12.3. The van der Waals surface area contributed by atoms with Crippen molar-refractivity contribution in [1.82, 2.24) is 4.98 Å². The highest BCUT2D eigenvalue weighted by atomic mass is 32.2. The number of para-hydroxylation sites is 1. The second-order valence-corrected chi connectivity index (χ2v) is 6.12. The lowest BCUT2D eigenvalue weighted by Crippen LogP contribution is -2.12. The van der Waals surface area contributed by atoms with Crippen molar-refractivity contribution in [2.45, 2.75) is 6.92 Å². The minimum Gasteiger partial charge on any atom is -0.506 e. The predicted octanol–water partition coefficient (Wildman–Crippen LogP) is 4.27. The summed E-state index contributed by atoms with van der Waals surface area (Å²) in [4.78, 5) is 21.3. The fraction of sp³-hybridized carbons (Fsp3) is 0.105. The number of esters is 1. The molecule has 0 amide bonds. The maximum atomic E-state index is 12.3. The minimum absolute atomic E-state index is 0.0935. The Morgan fingerprint density at radius 2 is 1.96 bits per heavy atom. The van der Waals surface area contributed by atoms with Gasteiger partial charge in [0.25, 0.3) is 0 Å². The molecule has 0 aliphatic carbocycles. The molecule has 0 fully saturated rings. The third-order valence-electron chi connectivity index (χ3n) is 3.36. The highest BCUT2D eigenvalue weighted by molar-refractivity contribution is 8.18. The van der Waals surface area contributed by atoms with Crippen LogP contribution in [0, 0.1) is 0 Å².